The first-order valence-electron chi connectivity index (χ1n) is 6.04. The Hall–Kier alpha value is -1.78. The summed E-state index contributed by atoms with van der Waals surface area (Å²) in [5.74, 6) is 0.178. The normalized spacial score (nSPS) is 19.7. The molecule has 1 amide bonds. The van der Waals surface area contributed by atoms with E-state index in [1.807, 2.05) is 0 Å². The van der Waals surface area contributed by atoms with Gasteiger partial charge >= 0.3 is 5.97 Å². The minimum atomic E-state index is -0.240. The van der Waals surface area contributed by atoms with Crippen LogP contribution < -0.4 is 0 Å². The van der Waals surface area contributed by atoms with Gasteiger partial charge in [0, 0.05) is 13.1 Å². The average molecular weight is 251 g/mol. The van der Waals surface area contributed by atoms with E-state index in [0.29, 0.717) is 24.4 Å². The third-order valence-electron chi connectivity index (χ3n) is 3.22. The van der Waals surface area contributed by atoms with Gasteiger partial charge in [0.25, 0.3) is 5.91 Å². The van der Waals surface area contributed by atoms with E-state index in [9.17, 15) is 9.59 Å². The first kappa shape index (κ1) is 12.7. The highest BCUT2D eigenvalue weighted by Gasteiger charge is 2.29. The SMILES string of the molecule is COC(=O)C1CCCN(C(=O)c2coc(C)c2)C1. The van der Waals surface area contributed by atoms with Crippen molar-refractivity contribution in [3.05, 3.63) is 23.7 Å². The quantitative estimate of drug-likeness (QED) is 0.749. The molecule has 0 N–H and O–H groups in total. The van der Waals surface area contributed by atoms with E-state index in [-0.39, 0.29) is 17.8 Å². The van der Waals surface area contributed by atoms with E-state index in [1.165, 1.54) is 13.4 Å². The van der Waals surface area contributed by atoms with Gasteiger partial charge in [-0.1, -0.05) is 0 Å². The topological polar surface area (TPSA) is 59.8 Å². The fourth-order valence-electron chi connectivity index (χ4n) is 2.26. The van der Waals surface area contributed by atoms with Crippen LogP contribution in [0.4, 0.5) is 0 Å². The number of hydrogen-bond acceptors (Lipinski definition) is 4. The van der Waals surface area contributed by atoms with Crippen molar-refractivity contribution < 1.29 is 18.7 Å². The van der Waals surface area contributed by atoms with Gasteiger partial charge in [-0.25, -0.2) is 0 Å². The number of piperidine rings is 1. The third-order valence-corrected chi connectivity index (χ3v) is 3.22. The molecule has 0 aromatic carbocycles. The summed E-state index contributed by atoms with van der Waals surface area (Å²) in [7, 11) is 1.38. The van der Waals surface area contributed by atoms with Gasteiger partial charge < -0.3 is 14.1 Å². The Morgan fingerprint density at radius 3 is 2.89 bits per heavy atom. The molecule has 0 saturated carbocycles. The molecule has 1 unspecified atom stereocenters. The molecule has 0 radical (unpaired) electrons. The van der Waals surface area contributed by atoms with Crippen LogP contribution in [0.5, 0.6) is 0 Å². The maximum Gasteiger partial charge on any atom is 0.310 e. The number of hydrogen-bond donors (Lipinski definition) is 0. The zero-order valence-electron chi connectivity index (χ0n) is 10.6. The van der Waals surface area contributed by atoms with Crippen LogP contribution in [-0.4, -0.2) is 37.0 Å². The van der Waals surface area contributed by atoms with E-state index >= 15 is 0 Å². The molecule has 1 aromatic heterocycles. The van der Waals surface area contributed by atoms with E-state index < -0.39 is 0 Å². The van der Waals surface area contributed by atoms with Gasteiger partial charge in [-0.3, -0.25) is 9.59 Å². The molecule has 1 fully saturated rings. The number of furan rings is 1. The monoisotopic (exact) mass is 251 g/mol. The Kier molecular flexibility index (Phi) is 3.69. The summed E-state index contributed by atoms with van der Waals surface area (Å²) in [6.45, 7) is 2.90. The van der Waals surface area contributed by atoms with Gasteiger partial charge in [0.1, 0.15) is 12.0 Å². The van der Waals surface area contributed by atoms with Crippen LogP contribution >= 0.6 is 0 Å². The standard InChI is InChI=1S/C13H17NO4/c1-9-6-11(8-18-9)12(15)14-5-3-4-10(7-14)13(16)17-2/h6,8,10H,3-5,7H2,1-2H3. The lowest BCUT2D eigenvalue weighted by Crippen LogP contribution is -2.42. The number of methoxy groups -OCH3 is 1. The first-order chi connectivity index (χ1) is 8.61. The molecule has 98 valence electrons. The molecule has 1 aliphatic heterocycles. The Bertz CT molecular complexity index is 452. The summed E-state index contributed by atoms with van der Waals surface area (Å²) in [5, 5.41) is 0. The number of likely N-dealkylation sites (tertiary alicyclic amines) is 1. The minimum Gasteiger partial charge on any atom is -0.469 e. The Labute approximate surface area is 106 Å². The Morgan fingerprint density at radius 1 is 1.50 bits per heavy atom. The maximum absolute atomic E-state index is 12.2. The predicted molar refractivity (Wildman–Crippen MR) is 64.1 cm³/mol. The molecule has 1 saturated heterocycles. The predicted octanol–water partition coefficient (Wildman–Crippen LogP) is 1.61. The summed E-state index contributed by atoms with van der Waals surface area (Å²) in [4.78, 5) is 25.4. The van der Waals surface area contributed by atoms with Crippen molar-refractivity contribution in [3.8, 4) is 0 Å². The summed E-state index contributed by atoms with van der Waals surface area (Å²) in [5.41, 5.74) is 0.540. The van der Waals surface area contributed by atoms with Crippen LogP contribution in [0, 0.1) is 12.8 Å². The van der Waals surface area contributed by atoms with Gasteiger partial charge in [0.05, 0.1) is 18.6 Å². The fraction of sp³-hybridized carbons (Fsp3) is 0.538. The van der Waals surface area contributed by atoms with Crippen molar-refractivity contribution in [2.24, 2.45) is 5.92 Å². The van der Waals surface area contributed by atoms with Gasteiger partial charge in [-0.2, -0.15) is 0 Å². The number of rotatable bonds is 2. The van der Waals surface area contributed by atoms with E-state index in [2.05, 4.69) is 0 Å². The minimum absolute atomic E-state index is 0.0829. The summed E-state index contributed by atoms with van der Waals surface area (Å²) in [6.07, 6.45) is 3.06. The molecular weight excluding hydrogens is 234 g/mol. The highest BCUT2D eigenvalue weighted by atomic mass is 16.5. The molecule has 5 nitrogen and oxygen atoms in total. The van der Waals surface area contributed by atoms with Crippen LogP contribution in [0.3, 0.4) is 0 Å². The number of ether oxygens (including phenoxy) is 1. The van der Waals surface area contributed by atoms with E-state index in [4.69, 9.17) is 9.15 Å². The van der Waals surface area contributed by atoms with Crippen molar-refractivity contribution >= 4 is 11.9 Å². The van der Waals surface area contributed by atoms with Gasteiger partial charge in [-0.05, 0) is 25.8 Å². The molecule has 18 heavy (non-hydrogen) atoms. The average Bonchev–Trinajstić information content (AvgIpc) is 2.83. The van der Waals surface area contributed by atoms with Gasteiger partial charge in [0.15, 0.2) is 0 Å². The number of nitrogens with zero attached hydrogens (tertiary/aromatic N) is 1. The smallest absolute Gasteiger partial charge is 0.310 e. The lowest BCUT2D eigenvalue weighted by Gasteiger charge is -2.31. The molecule has 0 spiro atoms. The van der Waals surface area contributed by atoms with E-state index in [1.54, 1.807) is 17.9 Å². The number of carbonyl (C=O) groups excluding carboxylic acids is 2. The lowest BCUT2D eigenvalue weighted by atomic mass is 9.98. The van der Waals surface area contributed by atoms with Crippen molar-refractivity contribution in [1.29, 1.82) is 0 Å². The van der Waals surface area contributed by atoms with Gasteiger partial charge in [-0.15, -0.1) is 0 Å². The van der Waals surface area contributed by atoms with Crippen LogP contribution in [-0.2, 0) is 9.53 Å². The Morgan fingerprint density at radius 2 is 2.28 bits per heavy atom. The number of aryl methyl sites for hydroxylation is 1. The maximum atomic E-state index is 12.2. The molecule has 5 heteroatoms. The van der Waals surface area contributed by atoms with Crippen LogP contribution in [0.2, 0.25) is 0 Å². The second kappa shape index (κ2) is 5.25. The highest BCUT2D eigenvalue weighted by Crippen LogP contribution is 2.20. The third kappa shape index (κ3) is 2.55. The second-order valence-corrected chi connectivity index (χ2v) is 4.56. The van der Waals surface area contributed by atoms with Crippen LogP contribution in [0.1, 0.15) is 29.0 Å². The van der Waals surface area contributed by atoms with Crippen LogP contribution in [0.15, 0.2) is 16.7 Å². The van der Waals surface area contributed by atoms with Crippen molar-refractivity contribution in [1.82, 2.24) is 4.90 Å². The molecular formula is C13H17NO4. The molecule has 1 aromatic rings. The van der Waals surface area contributed by atoms with Crippen molar-refractivity contribution in [2.75, 3.05) is 20.2 Å². The number of esters is 1. The molecule has 1 aliphatic rings. The second-order valence-electron chi connectivity index (χ2n) is 4.56. The summed E-state index contributed by atoms with van der Waals surface area (Å²) < 4.78 is 9.86. The molecule has 2 rings (SSSR count). The van der Waals surface area contributed by atoms with Crippen molar-refractivity contribution in [3.63, 3.8) is 0 Å². The number of carbonyl (C=O) groups is 2. The molecule has 0 aliphatic carbocycles. The largest absolute Gasteiger partial charge is 0.469 e. The zero-order chi connectivity index (χ0) is 13.1. The van der Waals surface area contributed by atoms with E-state index in [0.717, 1.165) is 12.8 Å². The lowest BCUT2D eigenvalue weighted by molar-refractivity contribution is -0.146. The zero-order valence-corrected chi connectivity index (χ0v) is 10.6. The van der Waals surface area contributed by atoms with Crippen molar-refractivity contribution in [2.45, 2.75) is 19.8 Å². The molecule has 1 atom stereocenters. The fourth-order valence-corrected chi connectivity index (χ4v) is 2.26. The molecule has 2 heterocycles. The molecule has 0 bridgehead atoms. The van der Waals surface area contributed by atoms with Crippen LogP contribution in [0.25, 0.3) is 0 Å². The first-order valence-corrected chi connectivity index (χ1v) is 6.04. The highest BCUT2D eigenvalue weighted by molar-refractivity contribution is 5.94. The number of amides is 1. The van der Waals surface area contributed by atoms with Gasteiger partial charge in [0.2, 0.25) is 0 Å². The summed E-state index contributed by atoms with van der Waals surface area (Å²) >= 11 is 0. The summed E-state index contributed by atoms with van der Waals surface area (Å²) in [6, 6.07) is 1.71. The Balaban J connectivity index is 2.05.